The lowest BCUT2D eigenvalue weighted by atomic mass is 10.1. The molecular weight excluding hydrogens is 454 g/mol. The molecule has 3 rings (SSSR count). The second-order valence-corrected chi connectivity index (χ2v) is 8.55. The van der Waals surface area contributed by atoms with Crippen molar-refractivity contribution in [2.24, 2.45) is 0 Å². The monoisotopic (exact) mass is 481 g/mol. The van der Waals surface area contributed by atoms with Gasteiger partial charge in [0, 0.05) is 11.4 Å². The Labute approximate surface area is 202 Å². The molecule has 9 heteroatoms. The average molecular weight is 482 g/mol. The number of rotatable bonds is 9. The third-order valence-corrected chi connectivity index (χ3v) is 5.99. The number of esters is 2. The summed E-state index contributed by atoms with van der Waals surface area (Å²) in [5.74, 6) is -1.38. The second-order valence-electron chi connectivity index (χ2n) is 7.36. The highest BCUT2D eigenvalue weighted by Crippen LogP contribution is 2.28. The number of aryl methyl sites for hydroxylation is 2. The number of carbonyl (C=O) groups is 3. The Morgan fingerprint density at radius 1 is 0.912 bits per heavy atom. The zero-order valence-electron chi connectivity index (χ0n) is 19.7. The highest BCUT2D eigenvalue weighted by molar-refractivity contribution is 7.16. The minimum absolute atomic E-state index is 0.171. The second kappa shape index (κ2) is 11.5. The lowest BCUT2D eigenvalue weighted by Gasteiger charge is -2.20. The standard InChI is InChI=1S/C25H27N3O5S/c1-5-32-23(30)19-12-13-20(26-16(19)3)22(29)28(15-14-18-10-8-7-9-11-18)25-27-21(17(4)34-25)24(31)33-6-2/h7-13H,5-6,14-15H2,1-4H3. The third kappa shape index (κ3) is 5.85. The molecule has 178 valence electrons. The number of pyridine rings is 1. The van der Waals surface area contributed by atoms with Crippen LogP contribution in [-0.4, -0.2) is 47.6 Å². The number of ether oxygens (including phenoxy) is 2. The van der Waals surface area contributed by atoms with Crippen LogP contribution in [0, 0.1) is 13.8 Å². The fourth-order valence-corrected chi connectivity index (χ4v) is 4.22. The molecule has 1 aromatic carbocycles. The number of nitrogens with zero attached hydrogens (tertiary/aromatic N) is 3. The van der Waals surface area contributed by atoms with Crippen molar-refractivity contribution in [2.45, 2.75) is 34.1 Å². The van der Waals surface area contributed by atoms with Crippen molar-refractivity contribution in [3.8, 4) is 0 Å². The molecule has 8 nitrogen and oxygen atoms in total. The molecule has 0 spiro atoms. The Hall–Kier alpha value is -3.59. The molecule has 0 bridgehead atoms. The minimum atomic E-state index is -0.522. The molecule has 0 aliphatic rings. The van der Waals surface area contributed by atoms with Gasteiger partial charge in [0.25, 0.3) is 5.91 Å². The number of aromatic nitrogens is 2. The Balaban J connectivity index is 1.94. The van der Waals surface area contributed by atoms with Crippen LogP contribution >= 0.6 is 11.3 Å². The first-order valence-corrected chi connectivity index (χ1v) is 11.8. The lowest BCUT2D eigenvalue weighted by molar-refractivity contribution is 0.0512. The van der Waals surface area contributed by atoms with Crippen molar-refractivity contribution >= 4 is 34.3 Å². The SMILES string of the molecule is CCOC(=O)c1ccc(C(=O)N(CCc2ccccc2)c2nc(C(=O)OCC)c(C)s2)nc1C. The van der Waals surface area contributed by atoms with E-state index in [4.69, 9.17) is 9.47 Å². The van der Waals surface area contributed by atoms with Gasteiger partial charge in [-0.15, -0.1) is 11.3 Å². The predicted molar refractivity (Wildman–Crippen MR) is 130 cm³/mol. The van der Waals surface area contributed by atoms with Gasteiger partial charge in [0.05, 0.1) is 24.5 Å². The maximum Gasteiger partial charge on any atom is 0.358 e. The molecule has 0 aliphatic heterocycles. The molecule has 0 aliphatic carbocycles. The van der Waals surface area contributed by atoms with E-state index in [0.717, 1.165) is 5.56 Å². The van der Waals surface area contributed by atoms with Crippen LogP contribution in [0.3, 0.4) is 0 Å². The van der Waals surface area contributed by atoms with E-state index in [-0.39, 0.29) is 30.5 Å². The van der Waals surface area contributed by atoms with Gasteiger partial charge in [-0.25, -0.2) is 19.6 Å². The Bertz CT molecular complexity index is 1180. The van der Waals surface area contributed by atoms with E-state index in [2.05, 4.69) is 9.97 Å². The number of thiazole rings is 1. The Kier molecular flexibility index (Phi) is 8.48. The summed E-state index contributed by atoms with van der Waals surface area (Å²) in [6.07, 6.45) is 0.583. The van der Waals surface area contributed by atoms with E-state index in [1.54, 1.807) is 33.8 Å². The van der Waals surface area contributed by atoms with Gasteiger partial charge < -0.3 is 9.47 Å². The zero-order chi connectivity index (χ0) is 24.7. The van der Waals surface area contributed by atoms with Gasteiger partial charge in [0.1, 0.15) is 5.69 Å². The van der Waals surface area contributed by atoms with Crippen LogP contribution in [0.4, 0.5) is 5.13 Å². The van der Waals surface area contributed by atoms with Gasteiger partial charge in [0.15, 0.2) is 10.8 Å². The zero-order valence-corrected chi connectivity index (χ0v) is 20.5. The first-order chi connectivity index (χ1) is 16.3. The molecule has 0 saturated heterocycles. The first kappa shape index (κ1) is 25.0. The maximum atomic E-state index is 13.5. The van der Waals surface area contributed by atoms with Gasteiger partial charge in [-0.05, 0) is 51.8 Å². The average Bonchev–Trinajstić information content (AvgIpc) is 3.21. The number of hydrogen-bond acceptors (Lipinski definition) is 8. The van der Waals surface area contributed by atoms with Gasteiger partial charge >= 0.3 is 11.9 Å². The Morgan fingerprint density at radius 3 is 2.24 bits per heavy atom. The van der Waals surface area contributed by atoms with Crippen molar-refractivity contribution in [2.75, 3.05) is 24.7 Å². The molecule has 0 fully saturated rings. The molecular formula is C25H27N3O5S. The molecule has 1 amide bonds. The van der Waals surface area contributed by atoms with E-state index in [1.165, 1.54) is 22.3 Å². The summed E-state index contributed by atoms with van der Waals surface area (Å²) in [4.78, 5) is 48.9. The molecule has 3 aromatic rings. The molecule has 0 N–H and O–H groups in total. The van der Waals surface area contributed by atoms with Crippen molar-refractivity contribution in [3.05, 3.63) is 75.6 Å². The largest absolute Gasteiger partial charge is 0.462 e. The summed E-state index contributed by atoms with van der Waals surface area (Å²) in [5, 5.41) is 0.385. The highest BCUT2D eigenvalue weighted by Gasteiger charge is 2.26. The number of benzene rings is 1. The maximum absolute atomic E-state index is 13.5. The number of hydrogen-bond donors (Lipinski definition) is 0. The van der Waals surface area contributed by atoms with E-state index in [9.17, 15) is 14.4 Å². The van der Waals surface area contributed by atoms with Gasteiger partial charge in [-0.1, -0.05) is 30.3 Å². The lowest BCUT2D eigenvalue weighted by Crippen LogP contribution is -2.34. The molecule has 0 radical (unpaired) electrons. The van der Waals surface area contributed by atoms with E-state index in [1.807, 2.05) is 30.3 Å². The van der Waals surface area contributed by atoms with Crippen LogP contribution in [0.5, 0.6) is 0 Å². The predicted octanol–water partition coefficient (Wildman–Crippen LogP) is 4.40. The summed E-state index contributed by atoms with van der Waals surface area (Å²) in [6, 6.07) is 12.8. The number of amides is 1. The molecule has 34 heavy (non-hydrogen) atoms. The van der Waals surface area contributed by atoms with Crippen molar-refractivity contribution < 1.29 is 23.9 Å². The molecule has 0 saturated carbocycles. The molecule has 0 atom stereocenters. The smallest absolute Gasteiger partial charge is 0.358 e. The fraction of sp³-hybridized carbons (Fsp3) is 0.320. The normalized spacial score (nSPS) is 10.6. The summed E-state index contributed by atoms with van der Waals surface area (Å²) < 4.78 is 10.1. The van der Waals surface area contributed by atoms with Crippen molar-refractivity contribution in [3.63, 3.8) is 0 Å². The summed E-state index contributed by atoms with van der Waals surface area (Å²) >= 11 is 1.24. The first-order valence-electron chi connectivity index (χ1n) is 11.0. The van der Waals surface area contributed by atoms with Crippen LogP contribution in [0.2, 0.25) is 0 Å². The van der Waals surface area contributed by atoms with Gasteiger partial charge in [0.2, 0.25) is 0 Å². The van der Waals surface area contributed by atoms with Gasteiger partial charge in [-0.3, -0.25) is 9.69 Å². The molecule has 2 heterocycles. The van der Waals surface area contributed by atoms with Crippen molar-refractivity contribution in [1.82, 2.24) is 9.97 Å². The quantitative estimate of drug-likeness (QED) is 0.418. The topological polar surface area (TPSA) is 98.7 Å². The van der Waals surface area contributed by atoms with Crippen LogP contribution < -0.4 is 4.90 Å². The third-order valence-electron chi connectivity index (χ3n) is 5.00. The fourth-order valence-electron chi connectivity index (χ4n) is 3.30. The summed E-state index contributed by atoms with van der Waals surface area (Å²) in [6.45, 7) is 7.69. The minimum Gasteiger partial charge on any atom is -0.462 e. The summed E-state index contributed by atoms with van der Waals surface area (Å²) in [7, 11) is 0. The van der Waals surface area contributed by atoms with Crippen LogP contribution in [0.1, 0.15) is 61.3 Å². The van der Waals surface area contributed by atoms with Gasteiger partial charge in [-0.2, -0.15) is 0 Å². The van der Waals surface area contributed by atoms with Crippen LogP contribution in [0.25, 0.3) is 0 Å². The number of carbonyl (C=O) groups excluding carboxylic acids is 3. The van der Waals surface area contributed by atoms with Crippen LogP contribution in [0.15, 0.2) is 42.5 Å². The van der Waals surface area contributed by atoms with E-state index in [0.29, 0.717) is 34.2 Å². The van der Waals surface area contributed by atoms with Crippen LogP contribution in [-0.2, 0) is 15.9 Å². The van der Waals surface area contributed by atoms with Crippen molar-refractivity contribution in [1.29, 1.82) is 0 Å². The van der Waals surface area contributed by atoms with E-state index >= 15 is 0 Å². The number of anilines is 1. The summed E-state index contributed by atoms with van der Waals surface area (Å²) in [5.41, 5.74) is 2.13. The Morgan fingerprint density at radius 2 is 1.59 bits per heavy atom. The molecule has 0 unspecified atom stereocenters. The molecule has 2 aromatic heterocycles. The van der Waals surface area contributed by atoms with E-state index < -0.39 is 11.9 Å². The highest BCUT2D eigenvalue weighted by atomic mass is 32.1.